The molecule has 88 valence electrons. The van der Waals surface area contributed by atoms with Crippen molar-refractivity contribution in [3.05, 3.63) is 0 Å². The Hall–Kier alpha value is -0.0800. The van der Waals surface area contributed by atoms with E-state index in [2.05, 4.69) is 12.2 Å². The standard InChI is InChI=1S/C13H25NO/c1-2-12-5-3-4-6-13(12)15-10-11-7-8-14-9-11/h11-14H,2-10H2,1H3. The van der Waals surface area contributed by atoms with E-state index in [-0.39, 0.29) is 0 Å². The van der Waals surface area contributed by atoms with Crippen molar-refractivity contribution >= 4 is 0 Å². The Kier molecular flexibility index (Phi) is 4.45. The van der Waals surface area contributed by atoms with Crippen LogP contribution in [0, 0.1) is 11.8 Å². The van der Waals surface area contributed by atoms with Crippen molar-refractivity contribution in [2.45, 2.75) is 51.6 Å². The first-order chi connectivity index (χ1) is 7.40. The van der Waals surface area contributed by atoms with Gasteiger partial charge in [-0.1, -0.05) is 26.2 Å². The quantitative estimate of drug-likeness (QED) is 0.771. The highest BCUT2D eigenvalue weighted by Crippen LogP contribution is 2.29. The normalized spacial score (nSPS) is 37.0. The molecule has 0 bridgehead atoms. The minimum absolute atomic E-state index is 0.573. The van der Waals surface area contributed by atoms with E-state index in [0.717, 1.165) is 18.4 Å². The zero-order chi connectivity index (χ0) is 10.5. The smallest absolute Gasteiger partial charge is 0.0603 e. The number of hydrogen-bond acceptors (Lipinski definition) is 2. The van der Waals surface area contributed by atoms with Crippen LogP contribution in [0.1, 0.15) is 45.4 Å². The monoisotopic (exact) mass is 211 g/mol. The first-order valence-corrected chi connectivity index (χ1v) is 6.72. The predicted octanol–water partition coefficient (Wildman–Crippen LogP) is 2.58. The van der Waals surface area contributed by atoms with Crippen LogP contribution in [-0.2, 0) is 4.74 Å². The Morgan fingerprint density at radius 3 is 2.80 bits per heavy atom. The van der Waals surface area contributed by atoms with Crippen LogP contribution in [0.15, 0.2) is 0 Å². The summed E-state index contributed by atoms with van der Waals surface area (Å²) in [6.45, 7) is 5.66. The first-order valence-electron chi connectivity index (χ1n) is 6.72. The molecule has 0 aromatic rings. The fraction of sp³-hybridized carbons (Fsp3) is 1.00. The van der Waals surface area contributed by atoms with Gasteiger partial charge in [-0.2, -0.15) is 0 Å². The van der Waals surface area contributed by atoms with E-state index in [1.165, 1.54) is 51.6 Å². The van der Waals surface area contributed by atoms with Crippen molar-refractivity contribution in [2.24, 2.45) is 11.8 Å². The summed E-state index contributed by atoms with van der Waals surface area (Å²) in [5.41, 5.74) is 0. The third-order valence-corrected chi connectivity index (χ3v) is 4.07. The molecule has 0 spiro atoms. The molecule has 1 N–H and O–H groups in total. The van der Waals surface area contributed by atoms with Crippen LogP contribution >= 0.6 is 0 Å². The number of rotatable bonds is 4. The summed E-state index contributed by atoms with van der Waals surface area (Å²) < 4.78 is 6.13. The third-order valence-electron chi connectivity index (χ3n) is 4.07. The molecule has 3 unspecified atom stereocenters. The predicted molar refractivity (Wildman–Crippen MR) is 63.0 cm³/mol. The fourth-order valence-electron chi connectivity index (χ4n) is 2.98. The van der Waals surface area contributed by atoms with E-state index in [4.69, 9.17) is 4.74 Å². The van der Waals surface area contributed by atoms with Gasteiger partial charge in [0, 0.05) is 6.54 Å². The van der Waals surface area contributed by atoms with Crippen molar-refractivity contribution in [2.75, 3.05) is 19.7 Å². The van der Waals surface area contributed by atoms with Crippen molar-refractivity contribution in [3.63, 3.8) is 0 Å². The Bertz CT molecular complexity index is 177. The lowest BCUT2D eigenvalue weighted by Gasteiger charge is -2.31. The molecule has 1 aliphatic heterocycles. The molecule has 2 nitrogen and oxygen atoms in total. The van der Waals surface area contributed by atoms with Crippen LogP contribution in [0.25, 0.3) is 0 Å². The van der Waals surface area contributed by atoms with Gasteiger partial charge in [0.1, 0.15) is 0 Å². The highest BCUT2D eigenvalue weighted by atomic mass is 16.5. The number of ether oxygens (including phenoxy) is 1. The van der Waals surface area contributed by atoms with E-state index in [0.29, 0.717) is 6.10 Å². The van der Waals surface area contributed by atoms with Gasteiger partial charge < -0.3 is 10.1 Å². The number of nitrogens with one attached hydrogen (secondary N) is 1. The molecule has 2 heteroatoms. The minimum atomic E-state index is 0.573. The maximum absolute atomic E-state index is 6.13. The van der Waals surface area contributed by atoms with Crippen LogP contribution in [-0.4, -0.2) is 25.8 Å². The zero-order valence-electron chi connectivity index (χ0n) is 10.0. The molecule has 1 saturated heterocycles. The van der Waals surface area contributed by atoms with Crippen molar-refractivity contribution < 1.29 is 4.74 Å². The van der Waals surface area contributed by atoms with E-state index in [1.807, 2.05) is 0 Å². The molecule has 3 atom stereocenters. The summed E-state index contributed by atoms with van der Waals surface area (Å²) in [4.78, 5) is 0. The highest BCUT2D eigenvalue weighted by Gasteiger charge is 2.25. The Morgan fingerprint density at radius 1 is 1.20 bits per heavy atom. The van der Waals surface area contributed by atoms with E-state index in [9.17, 15) is 0 Å². The van der Waals surface area contributed by atoms with Crippen molar-refractivity contribution in [3.8, 4) is 0 Å². The number of hydrogen-bond donors (Lipinski definition) is 1. The van der Waals surface area contributed by atoms with E-state index in [1.54, 1.807) is 0 Å². The lowest BCUT2D eigenvalue weighted by molar-refractivity contribution is -0.0254. The molecular formula is C13H25NO. The second kappa shape index (κ2) is 5.86. The van der Waals surface area contributed by atoms with Crippen molar-refractivity contribution in [1.82, 2.24) is 5.32 Å². The molecule has 15 heavy (non-hydrogen) atoms. The lowest BCUT2D eigenvalue weighted by atomic mass is 9.84. The SMILES string of the molecule is CCC1CCCCC1OCC1CCNC1. The van der Waals surface area contributed by atoms with Gasteiger partial charge in [0.15, 0.2) is 0 Å². The maximum Gasteiger partial charge on any atom is 0.0603 e. The summed E-state index contributed by atoms with van der Waals surface area (Å²) in [6.07, 6.45) is 8.68. The molecule has 0 amide bonds. The molecule has 1 heterocycles. The van der Waals surface area contributed by atoms with Crippen LogP contribution in [0.4, 0.5) is 0 Å². The summed E-state index contributed by atoms with van der Waals surface area (Å²) in [5.74, 6) is 1.62. The average molecular weight is 211 g/mol. The lowest BCUT2D eigenvalue weighted by Crippen LogP contribution is -2.29. The van der Waals surface area contributed by atoms with E-state index < -0.39 is 0 Å². The van der Waals surface area contributed by atoms with Gasteiger partial charge in [0.05, 0.1) is 12.7 Å². The van der Waals surface area contributed by atoms with Crippen LogP contribution in [0.3, 0.4) is 0 Å². The van der Waals surface area contributed by atoms with Crippen molar-refractivity contribution in [1.29, 1.82) is 0 Å². The molecule has 0 aromatic carbocycles. The van der Waals surface area contributed by atoms with Gasteiger partial charge in [-0.25, -0.2) is 0 Å². The zero-order valence-corrected chi connectivity index (χ0v) is 10.0. The summed E-state index contributed by atoms with van der Waals surface area (Å²) in [6, 6.07) is 0. The largest absolute Gasteiger partial charge is 0.378 e. The van der Waals surface area contributed by atoms with Gasteiger partial charge in [0.2, 0.25) is 0 Å². The maximum atomic E-state index is 6.13. The second-order valence-electron chi connectivity index (χ2n) is 5.18. The van der Waals surface area contributed by atoms with Gasteiger partial charge >= 0.3 is 0 Å². The Labute approximate surface area is 93.8 Å². The molecule has 1 aliphatic carbocycles. The summed E-state index contributed by atoms with van der Waals surface area (Å²) in [7, 11) is 0. The van der Waals surface area contributed by atoms with Gasteiger partial charge in [-0.15, -0.1) is 0 Å². The Balaban J connectivity index is 1.71. The first kappa shape index (κ1) is 11.4. The highest BCUT2D eigenvalue weighted by molar-refractivity contribution is 4.77. The van der Waals surface area contributed by atoms with E-state index >= 15 is 0 Å². The van der Waals surface area contributed by atoms with Crippen LogP contribution in [0.5, 0.6) is 0 Å². The molecule has 2 rings (SSSR count). The fourth-order valence-corrected chi connectivity index (χ4v) is 2.98. The molecule has 0 aromatic heterocycles. The molecule has 0 radical (unpaired) electrons. The van der Waals surface area contributed by atoms with Crippen LogP contribution < -0.4 is 5.32 Å². The summed E-state index contributed by atoms with van der Waals surface area (Å²) >= 11 is 0. The molecular weight excluding hydrogens is 186 g/mol. The molecule has 2 fully saturated rings. The topological polar surface area (TPSA) is 21.3 Å². The van der Waals surface area contributed by atoms with Gasteiger partial charge in [0.25, 0.3) is 0 Å². The second-order valence-corrected chi connectivity index (χ2v) is 5.18. The van der Waals surface area contributed by atoms with Crippen LogP contribution in [0.2, 0.25) is 0 Å². The Morgan fingerprint density at radius 2 is 2.07 bits per heavy atom. The van der Waals surface area contributed by atoms with Gasteiger partial charge in [-0.05, 0) is 37.6 Å². The molecule has 2 aliphatic rings. The molecule has 1 saturated carbocycles. The average Bonchev–Trinajstić information content (AvgIpc) is 2.79. The third kappa shape index (κ3) is 3.18. The summed E-state index contributed by atoms with van der Waals surface area (Å²) in [5, 5.41) is 3.41. The minimum Gasteiger partial charge on any atom is -0.378 e. The van der Waals surface area contributed by atoms with Gasteiger partial charge in [-0.3, -0.25) is 0 Å².